The topological polar surface area (TPSA) is 79.4 Å². The van der Waals surface area contributed by atoms with E-state index >= 15 is 0 Å². The number of nitrogens with two attached hydrogens (primary N) is 1. The minimum Gasteiger partial charge on any atom is -0.395 e. The van der Waals surface area contributed by atoms with Crippen LogP contribution in [0.4, 0.5) is 0 Å². The van der Waals surface area contributed by atoms with Crippen molar-refractivity contribution < 1.29 is 20.4 Å². The number of quaternary nitrogens is 1. The average molecular weight is 217 g/mol. The van der Waals surface area contributed by atoms with Gasteiger partial charge in [0, 0.05) is 6.54 Å². The Hall–Kier alpha value is 0.0500. The molecule has 0 fully saturated rings. The van der Waals surface area contributed by atoms with Gasteiger partial charge in [-0.25, -0.2) is 4.84 Å². The summed E-state index contributed by atoms with van der Waals surface area (Å²) < 4.78 is 0. The lowest BCUT2D eigenvalue weighted by Crippen LogP contribution is -2.91. The SMILES string of the molecule is CNCCO.CO[NH2+]NOC(C)Cl. The standard InChI is InChI=1S/C3H9ClN2O2.C3H9NO/c1-3(4)8-6-5-7-2;1-4-2-3-5/h3,5-6H,1-2H3;4-5H,2-3H2,1H3/p+1. The van der Waals surface area contributed by atoms with E-state index in [-0.39, 0.29) is 12.2 Å². The summed E-state index contributed by atoms with van der Waals surface area (Å²) in [7, 11) is 3.31. The van der Waals surface area contributed by atoms with Gasteiger partial charge in [-0.3, -0.25) is 0 Å². The molecule has 0 heterocycles. The monoisotopic (exact) mass is 216 g/mol. The minimum absolute atomic E-state index is 0.233. The lowest BCUT2D eigenvalue weighted by atomic mass is 10.7. The number of hydrogen-bond acceptors (Lipinski definition) is 5. The van der Waals surface area contributed by atoms with Crippen LogP contribution in [0.25, 0.3) is 0 Å². The van der Waals surface area contributed by atoms with Crippen LogP contribution in [-0.4, -0.2) is 38.0 Å². The molecule has 0 amide bonds. The van der Waals surface area contributed by atoms with Crippen LogP contribution in [0.5, 0.6) is 0 Å². The third-order valence-electron chi connectivity index (χ3n) is 0.758. The van der Waals surface area contributed by atoms with Crippen LogP contribution in [-0.2, 0) is 9.68 Å². The Morgan fingerprint density at radius 1 is 1.62 bits per heavy atom. The molecule has 7 heteroatoms. The van der Waals surface area contributed by atoms with E-state index in [0.717, 1.165) is 0 Å². The zero-order chi connectivity index (χ0) is 10.5. The summed E-state index contributed by atoms with van der Waals surface area (Å²) in [6.07, 6.45) is 0. The summed E-state index contributed by atoms with van der Waals surface area (Å²) in [4.78, 5) is 9.09. The fourth-order valence-electron chi connectivity index (χ4n) is 0.281. The summed E-state index contributed by atoms with van der Waals surface area (Å²) in [6, 6.07) is 0. The molecule has 5 N–H and O–H groups in total. The second-order valence-corrected chi connectivity index (χ2v) is 2.57. The van der Waals surface area contributed by atoms with Gasteiger partial charge in [0.25, 0.3) is 0 Å². The molecule has 0 aliphatic carbocycles. The second-order valence-electron chi connectivity index (χ2n) is 1.96. The molecule has 0 spiro atoms. The van der Waals surface area contributed by atoms with Gasteiger partial charge in [0.2, 0.25) is 0 Å². The first-order valence-corrected chi connectivity index (χ1v) is 4.27. The Bertz CT molecular complexity index is 85.5. The Morgan fingerprint density at radius 3 is 2.46 bits per heavy atom. The zero-order valence-corrected chi connectivity index (χ0v) is 8.97. The van der Waals surface area contributed by atoms with Crippen molar-refractivity contribution in [3.8, 4) is 0 Å². The van der Waals surface area contributed by atoms with Gasteiger partial charge in [-0.15, -0.1) is 5.59 Å². The van der Waals surface area contributed by atoms with Crippen LogP contribution >= 0.6 is 11.6 Å². The maximum Gasteiger partial charge on any atom is 0.155 e. The van der Waals surface area contributed by atoms with E-state index in [0.29, 0.717) is 6.54 Å². The normalized spacial score (nSPS) is 11.8. The quantitative estimate of drug-likeness (QED) is 0.185. The van der Waals surface area contributed by atoms with Crippen molar-refractivity contribution in [1.29, 1.82) is 0 Å². The van der Waals surface area contributed by atoms with Gasteiger partial charge in [-0.1, -0.05) is 11.6 Å². The first-order chi connectivity index (χ1) is 6.18. The Morgan fingerprint density at radius 2 is 2.23 bits per heavy atom. The summed E-state index contributed by atoms with van der Waals surface area (Å²) in [5, 5.41) is 10.8. The minimum atomic E-state index is -0.346. The lowest BCUT2D eigenvalue weighted by Gasteiger charge is -2.00. The predicted molar refractivity (Wildman–Crippen MR) is 49.5 cm³/mol. The lowest BCUT2D eigenvalue weighted by molar-refractivity contribution is -0.956. The molecule has 0 radical (unpaired) electrons. The van der Waals surface area contributed by atoms with E-state index in [1.807, 2.05) is 0 Å². The summed E-state index contributed by atoms with van der Waals surface area (Å²) in [5.41, 5.74) is 3.30. The molecule has 0 saturated carbocycles. The molecule has 0 aromatic heterocycles. The van der Waals surface area contributed by atoms with E-state index in [1.54, 1.807) is 14.0 Å². The number of rotatable bonds is 6. The van der Waals surface area contributed by atoms with Crippen LogP contribution < -0.4 is 16.5 Å². The highest BCUT2D eigenvalue weighted by Crippen LogP contribution is 1.88. The molecule has 0 saturated heterocycles. The number of aliphatic hydroxyl groups excluding tert-OH is 1. The molecule has 0 aliphatic rings. The van der Waals surface area contributed by atoms with Gasteiger partial charge >= 0.3 is 0 Å². The van der Waals surface area contributed by atoms with Crippen molar-refractivity contribution in [3.05, 3.63) is 0 Å². The highest BCUT2D eigenvalue weighted by atomic mass is 35.5. The fraction of sp³-hybridized carbons (Fsp3) is 1.00. The van der Waals surface area contributed by atoms with Gasteiger partial charge in [0.15, 0.2) is 5.56 Å². The van der Waals surface area contributed by atoms with E-state index in [9.17, 15) is 0 Å². The Kier molecular flexibility index (Phi) is 17.4. The van der Waals surface area contributed by atoms with Crippen molar-refractivity contribution in [3.63, 3.8) is 0 Å². The molecule has 0 aliphatic heterocycles. The Balaban J connectivity index is 0. The van der Waals surface area contributed by atoms with E-state index in [4.69, 9.17) is 16.7 Å². The van der Waals surface area contributed by atoms with Gasteiger partial charge in [-0.2, -0.15) is 4.84 Å². The van der Waals surface area contributed by atoms with Crippen molar-refractivity contribution in [1.82, 2.24) is 10.9 Å². The predicted octanol–water partition coefficient (Wildman–Crippen LogP) is -1.67. The van der Waals surface area contributed by atoms with Gasteiger partial charge in [0.1, 0.15) is 0 Å². The maximum atomic E-state index is 8.00. The van der Waals surface area contributed by atoms with Gasteiger partial charge in [-0.05, 0) is 19.6 Å². The van der Waals surface area contributed by atoms with Crippen molar-refractivity contribution in [2.45, 2.75) is 12.5 Å². The Labute approximate surface area is 83.4 Å². The second kappa shape index (κ2) is 14.6. The molecular weight excluding hydrogens is 198 g/mol. The maximum absolute atomic E-state index is 8.00. The molecule has 13 heavy (non-hydrogen) atoms. The summed E-state index contributed by atoms with van der Waals surface area (Å²) >= 11 is 5.35. The number of alkyl halides is 1. The smallest absolute Gasteiger partial charge is 0.155 e. The number of hydrogen-bond donors (Lipinski definition) is 4. The van der Waals surface area contributed by atoms with Crippen LogP contribution in [0.15, 0.2) is 0 Å². The van der Waals surface area contributed by atoms with E-state index < -0.39 is 0 Å². The number of nitrogens with one attached hydrogen (secondary N) is 2. The van der Waals surface area contributed by atoms with Gasteiger partial charge in [0.05, 0.1) is 13.7 Å². The van der Waals surface area contributed by atoms with Crippen molar-refractivity contribution in [2.24, 2.45) is 0 Å². The van der Waals surface area contributed by atoms with Crippen molar-refractivity contribution >= 4 is 11.6 Å². The van der Waals surface area contributed by atoms with Gasteiger partial charge < -0.3 is 10.4 Å². The highest BCUT2D eigenvalue weighted by Gasteiger charge is 1.92. The zero-order valence-electron chi connectivity index (χ0n) is 8.21. The first kappa shape index (κ1) is 15.5. The number of halogens is 1. The molecule has 1 atom stereocenters. The fourth-order valence-corrected chi connectivity index (χ4v) is 0.333. The molecule has 0 aromatic rings. The van der Waals surface area contributed by atoms with Crippen LogP contribution in [0.2, 0.25) is 0 Å². The average Bonchev–Trinajstić information content (AvgIpc) is 2.07. The molecule has 0 rings (SSSR count). The van der Waals surface area contributed by atoms with E-state index in [2.05, 4.69) is 20.6 Å². The number of aliphatic hydroxyl groups is 1. The molecule has 0 bridgehead atoms. The number of likely N-dealkylation sites (N-methyl/N-ethyl adjacent to an activating group) is 1. The van der Waals surface area contributed by atoms with E-state index in [1.165, 1.54) is 12.7 Å². The summed E-state index contributed by atoms with van der Waals surface area (Å²) in [5.74, 6) is 0. The van der Waals surface area contributed by atoms with Crippen molar-refractivity contribution in [2.75, 3.05) is 27.3 Å². The highest BCUT2D eigenvalue weighted by molar-refractivity contribution is 6.19. The third-order valence-corrected chi connectivity index (χ3v) is 0.847. The van der Waals surface area contributed by atoms with Crippen LogP contribution in [0.3, 0.4) is 0 Å². The first-order valence-electron chi connectivity index (χ1n) is 3.84. The molecule has 0 aromatic carbocycles. The molecular formula is C6H19ClN3O3+. The van der Waals surface area contributed by atoms with Crippen LogP contribution in [0, 0.1) is 0 Å². The van der Waals surface area contributed by atoms with Crippen LogP contribution in [0.1, 0.15) is 6.92 Å². The molecule has 6 nitrogen and oxygen atoms in total. The largest absolute Gasteiger partial charge is 0.395 e. The third kappa shape index (κ3) is 24.5. The molecule has 1 unspecified atom stereocenters. The molecule has 82 valence electrons. The summed E-state index contributed by atoms with van der Waals surface area (Å²) in [6.45, 7) is 2.62.